The molecule has 0 radical (unpaired) electrons. The first kappa shape index (κ1) is 16.0. The lowest BCUT2D eigenvalue weighted by molar-refractivity contribution is -0.141. The minimum Gasteiger partial charge on any atom is -0.485 e. The number of alkyl halides is 1. The third kappa shape index (κ3) is 3.72. The Bertz CT molecular complexity index is 645. The number of ketones is 1. The van der Waals surface area contributed by atoms with E-state index in [9.17, 15) is 14.0 Å². The summed E-state index contributed by atoms with van der Waals surface area (Å²) in [6, 6.07) is 6.74. The molecular weight excluding hydrogens is 323 g/mol. The van der Waals surface area contributed by atoms with Gasteiger partial charge in [0.1, 0.15) is 18.0 Å². The lowest BCUT2D eigenvalue weighted by Gasteiger charge is -2.12. The third-order valence-corrected chi connectivity index (χ3v) is 4.45. The Hall–Kier alpha value is -1.88. The van der Waals surface area contributed by atoms with E-state index in [0.717, 1.165) is 0 Å². The van der Waals surface area contributed by atoms with Crippen LogP contribution in [-0.2, 0) is 14.3 Å². The van der Waals surface area contributed by atoms with Gasteiger partial charge < -0.3 is 9.47 Å². The summed E-state index contributed by atoms with van der Waals surface area (Å²) in [7, 11) is 0. The maximum atomic E-state index is 14.0. The minimum atomic E-state index is -1.09. The second-order valence-corrected chi connectivity index (χ2v) is 6.23. The minimum absolute atomic E-state index is 0.149. The maximum Gasteiger partial charge on any atom is 0.306 e. The molecule has 2 fully saturated rings. The first-order chi connectivity index (χ1) is 11.0. The summed E-state index contributed by atoms with van der Waals surface area (Å²) < 4.78 is 24.4. The molecule has 1 saturated heterocycles. The van der Waals surface area contributed by atoms with Gasteiger partial charge in [-0.1, -0.05) is 23.7 Å². The molecule has 122 valence electrons. The zero-order valence-electron chi connectivity index (χ0n) is 12.3. The summed E-state index contributed by atoms with van der Waals surface area (Å²) in [5.41, 5.74) is 0. The molecule has 0 aromatic heterocycles. The van der Waals surface area contributed by atoms with Crippen LogP contribution in [0.2, 0.25) is 5.02 Å². The predicted octanol–water partition coefficient (Wildman–Crippen LogP) is 3.13. The lowest BCUT2D eigenvalue weighted by atomic mass is 9.92. The molecule has 1 aromatic carbocycles. The number of rotatable bonds is 5. The van der Waals surface area contributed by atoms with E-state index in [1.807, 2.05) is 0 Å². The highest BCUT2D eigenvalue weighted by Gasteiger charge is 2.49. The average Bonchev–Trinajstić information content (AvgIpc) is 2.98. The van der Waals surface area contributed by atoms with Gasteiger partial charge in [0.2, 0.25) is 0 Å². The Balaban J connectivity index is 1.55. The zero-order chi connectivity index (χ0) is 16.4. The lowest BCUT2D eigenvalue weighted by Crippen LogP contribution is -2.16. The van der Waals surface area contributed by atoms with Crippen molar-refractivity contribution in [1.82, 2.24) is 0 Å². The molecule has 1 aliphatic heterocycles. The molecule has 1 aromatic rings. The van der Waals surface area contributed by atoms with Crippen molar-refractivity contribution in [2.75, 3.05) is 6.61 Å². The van der Waals surface area contributed by atoms with Crippen molar-refractivity contribution in [2.45, 2.75) is 25.1 Å². The van der Waals surface area contributed by atoms with Crippen LogP contribution >= 0.6 is 11.6 Å². The van der Waals surface area contributed by atoms with Crippen molar-refractivity contribution < 1.29 is 23.5 Å². The number of ether oxygens (including phenoxy) is 2. The fraction of sp³-hybridized carbons (Fsp3) is 0.412. The average molecular weight is 339 g/mol. The van der Waals surface area contributed by atoms with Crippen LogP contribution in [0.4, 0.5) is 4.39 Å². The Morgan fingerprint density at radius 3 is 3.09 bits per heavy atom. The number of halogens is 2. The second-order valence-electron chi connectivity index (χ2n) is 5.80. The molecule has 3 rings (SSSR count). The molecule has 0 N–H and O–H groups in total. The normalized spacial score (nSPS) is 29.6. The Morgan fingerprint density at radius 2 is 2.30 bits per heavy atom. The van der Waals surface area contributed by atoms with E-state index in [2.05, 4.69) is 0 Å². The molecular formula is C17H16ClFO4. The Morgan fingerprint density at radius 1 is 1.48 bits per heavy atom. The SMILES string of the molecule is O=C(/C=C/[C@@H]1[C@H]2CC(=O)O[C@H]2C[C@@H]1F)COc1cccc(Cl)c1. The number of benzene rings is 1. The van der Waals surface area contributed by atoms with Gasteiger partial charge in [0.25, 0.3) is 0 Å². The molecule has 23 heavy (non-hydrogen) atoms. The molecule has 2 aliphatic rings. The second kappa shape index (κ2) is 6.71. The summed E-state index contributed by atoms with van der Waals surface area (Å²) in [5.74, 6) is -0.693. The van der Waals surface area contributed by atoms with E-state index >= 15 is 0 Å². The molecule has 1 aliphatic carbocycles. The molecule has 4 atom stereocenters. The molecule has 4 nitrogen and oxygen atoms in total. The number of hydrogen-bond donors (Lipinski definition) is 0. The van der Waals surface area contributed by atoms with Crippen molar-refractivity contribution in [3.8, 4) is 5.75 Å². The Labute approximate surface area is 138 Å². The van der Waals surface area contributed by atoms with E-state index < -0.39 is 12.1 Å². The van der Waals surface area contributed by atoms with E-state index in [1.165, 1.54) is 6.08 Å². The number of esters is 1. The van der Waals surface area contributed by atoms with Crippen LogP contribution in [0.5, 0.6) is 5.75 Å². The zero-order valence-corrected chi connectivity index (χ0v) is 13.0. The van der Waals surface area contributed by atoms with Crippen LogP contribution in [0.25, 0.3) is 0 Å². The van der Waals surface area contributed by atoms with Gasteiger partial charge in [0.05, 0.1) is 6.42 Å². The van der Waals surface area contributed by atoms with Gasteiger partial charge in [-0.15, -0.1) is 0 Å². The van der Waals surface area contributed by atoms with Crippen LogP contribution < -0.4 is 4.74 Å². The molecule has 0 spiro atoms. The van der Waals surface area contributed by atoms with Crippen molar-refractivity contribution in [2.24, 2.45) is 11.8 Å². The van der Waals surface area contributed by atoms with Crippen molar-refractivity contribution in [3.63, 3.8) is 0 Å². The highest BCUT2D eigenvalue weighted by Crippen LogP contribution is 2.43. The summed E-state index contributed by atoms with van der Waals surface area (Å²) in [5, 5.41) is 0.522. The fourth-order valence-corrected chi connectivity index (χ4v) is 3.30. The van der Waals surface area contributed by atoms with Gasteiger partial charge in [0.15, 0.2) is 12.4 Å². The molecule has 0 bridgehead atoms. The fourth-order valence-electron chi connectivity index (χ4n) is 3.12. The molecule has 0 amide bonds. The van der Waals surface area contributed by atoms with Gasteiger partial charge >= 0.3 is 5.97 Å². The van der Waals surface area contributed by atoms with Crippen LogP contribution in [0.3, 0.4) is 0 Å². The van der Waals surface area contributed by atoms with E-state index in [1.54, 1.807) is 30.3 Å². The summed E-state index contributed by atoms with van der Waals surface area (Å²) in [6.07, 6.45) is 1.85. The van der Waals surface area contributed by atoms with Crippen LogP contribution in [0.15, 0.2) is 36.4 Å². The van der Waals surface area contributed by atoms with Crippen molar-refractivity contribution in [1.29, 1.82) is 0 Å². The van der Waals surface area contributed by atoms with Crippen LogP contribution in [0.1, 0.15) is 12.8 Å². The van der Waals surface area contributed by atoms with Crippen molar-refractivity contribution in [3.05, 3.63) is 41.4 Å². The van der Waals surface area contributed by atoms with Crippen LogP contribution in [-0.4, -0.2) is 30.6 Å². The van der Waals surface area contributed by atoms with E-state index in [0.29, 0.717) is 10.8 Å². The third-order valence-electron chi connectivity index (χ3n) is 4.21. The quantitative estimate of drug-likeness (QED) is 0.611. The number of allylic oxidation sites excluding steroid dienone is 1. The van der Waals surface area contributed by atoms with E-state index in [4.69, 9.17) is 21.1 Å². The van der Waals surface area contributed by atoms with Gasteiger partial charge in [0, 0.05) is 23.3 Å². The summed E-state index contributed by atoms with van der Waals surface area (Å²) in [4.78, 5) is 23.1. The number of hydrogen-bond acceptors (Lipinski definition) is 4. The molecule has 6 heteroatoms. The van der Waals surface area contributed by atoms with Gasteiger partial charge in [-0.05, 0) is 24.3 Å². The number of carbonyl (C=O) groups is 2. The van der Waals surface area contributed by atoms with Gasteiger partial charge in [-0.25, -0.2) is 4.39 Å². The highest BCUT2D eigenvalue weighted by molar-refractivity contribution is 6.30. The largest absolute Gasteiger partial charge is 0.485 e. The first-order valence-electron chi connectivity index (χ1n) is 7.46. The maximum absolute atomic E-state index is 14.0. The predicted molar refractivity (Wildman–Crippen MR) is 82.1 cm³/mol. The summed E-state index contributed by atoms with van der Waals surface area (Å²) in [6.45, 7) is -0.149. The van der Waals surface area contributed by atoms with Crippen LogP contribution in [0, 0.1) is 11.8 Å². The monoisotopic (exact) mass is 338 g/mol. The number of fused-ring (bicyclic) bond motifs is 1. The highest BCUT2D eigenvalue weighted by atomic mass is 35.5. The number of carbonyl (C=O) groups excluding carboxylic acids is 2. The van der Waals surface area contributed by atoms with Gasteiger partial charge in [-0.3, -0.25) is 9.59 Å². The topological polar surface area (TPSA) is 52.6 Å². The van der Waals surface area contributed by atoms with Crippen molar-refractivity contribution >= 4 is 23.4 Å². The smallest absolute Gasteiger partial charge is 0.306 e. The standard InChI is InChI=1S/C17H16ClFO4/c18-10-2-1-3-12(6-10)22-9-11(20)4-5-13-14-7-17(21)23-16(14)8-15(13)19/h1-6,13-16H,7-9H2/b5-4+/t13-,14-,15+,16+/m1/s1. The summed E-state index contributed by atoms with van der Waals surface area (Å²) >= 11 is 5.83. The Kier molecular flexibility index (Phi) is 4.66. The molecule has 1 heterocycles. The molecule has 1 saturated carbocycles. The van der Waals surface area contributed by atoms with Gasteiger partial charge in [-0.2, -0.15) is 0 Å². The van der Waals surface area contributed by atoms with E-state index in [-0.39, 0.29) is 43.2 Å². The molecule has 0 unspecified atom stereocenters. The first-order valence-corrected chi connectivity index (χ1v) is 7.83.